The molecule has 1 aromatic rings. The average Bonchev–Trinajstić information content (AvgIpc) is 2.48. The van der Waals surface area contributed by atoms with Crippen LogP contribution in [0.5, 0.6) is 0 Å². The molecule has 1 aliphatic rings. The van der Waals surface area contributed by atoms with Crippen molar-refractivity contribution in [3.05, 3.63) is 34.6 Å². The van der Waals surface area contributed by atoms with Gasteiger partial charge in [0, 0.05) is 22.6 Å². The van der Waals surface area contributed by atoms with Gasteiger partial charge in [-0.3, -0.25) is 0 Å². The molecular formula is C15H21ClFNOS. The van der Waals surface area contributed by atoms with Crippen molar-refractivity contribution >= 4 is 23.4 Å². The number of rotatable bonds is 6. The van der Waals surface area contributed by atoms with Crippen LogP contribution in [0.4, 0.5) is 4.39 Å². The van der Waals surface area contributed by atoms with E-state index in [0.717, 1.165) is 31.1 Å². The normalized spacial score (nSPS) is 20.9. The van der Waals surface area contributed by atoms with Crippen LogP contribution >= 0.6 is 23.4 Å². The minimum absolute atomic E-state index is 0.135. The Bertz CT molecular complexity index is 426. The van der Waals surface area contributed by atoms with Crippen LogP contribution in [0.15, 0.2) is 18.2 Å². The second-order valence-electron chi connectivity index (χ2n) is 4.98. The molecule has 0 amide bonds. The van der Waals surface area contributed by atoms with Crippen molar-refractivity contribution in [2.24, 2.45) is 0 Å². The molecule has 20 heavy (non-hydrogen) atoms. The van der Waals surface area contributed by atoms with Gasteiger partial charge in [0.15, 0.2) is 0 Å². The fraction of sp³-hybridized carbons (Fsp3) is 0.600. The SMILES string of the molecule is CCCNC(Cc1cc(Cl)ccc1F)C1CSCCO1. The smallest absolute Gasteiger partial charge is 0.126 e. The van der Waals surface area contributed by atoms with Gasteiger partial charge in [-0.05, 0) is 43.1 Å². The van der Waals surface area contributed by atoms with E-state index in [1.54, 1.807) is 12.1 Å². The summed E-state index contributed by atoms with van der Waals surface area (Å²) in [5.41, 5.74) is 0.658. The molecule has 1 aliphatic heterocycles. The molecule has 2 rings (SSSR count). The summed E-state index contributed by atoms with van der Waals surface area (Å²) in [4.78, 5) is 0. The first-order valence-electron chi connectivity index (χ1n) is 7.07. The molecule has 0 aromatic heterocycles. The highest BCUT2D eigenvalue weighted by Crippen LogP contribution is 2.21. The van der Waals surface area contributed by atoms with Crippen molar-refractivity contribution < 1.29 is 9.13 Å². The molecule has 1 aromatic carbocycles. The van der Waals surface area contributed by atoms with Gasteiger partial charge in [-0.25, -0.2) is 4.39 Å². The van der Waals surface area contributed by atoms with E-state index in [1.165, 1.54) is 6.07 Å². The van der Waals surface area contributed by atoms with Gasteiger partial charge in [-0.1, -0.05) is 18.5 Å². The van der Waals surface area contributed by atoms with Crippen LogP contribution in [0.2, 0.25) is 5.02 Å². The molecule has 0 aliphatic carbocycles. The highest BCUT2D eigenvalue weighted by Gasteiger charge is 2.25. The van der Waals surface area contributed by atoms with Crippen molar-refractivity contribution in [3.8, 4) is 0 Å². The molecule has 2 nitrogen and oxygen atoms in total. The largest absolute Gasteiger partial charge is 0.375 e. The number of nitrogens with one attached hydrogen (secondary N) is 1. The number of halogens is 2. The van der Waals surface area contributed by atoms with Gasteiger partial charge in [0.05, 0.1) is 12.7 Å². The van der Waals surface area contributed by atoms with Crippen LogP contribution in [-0.4, -0.2) is 36.8 Å². The van der Waals surface area contributed by atoms with Gasteiger partial charge >= 0.3 is 0 Å². The van der Waals surface area contributed by atoms with Crippen LogP contribution in [0, 0.1) is 5.82 Å². The Morgan fingerprint density at radius 1 is 1.55 bits per heavy atom. The molecule has 5 heteroatoms. The molecule has 112 valence electrons. The Hall–Kier alpha value is -0.290. The molecule has 2 unspecified atom stereocenters. The van der Waals surface area contributed by atoms with E-state index in [0.29, 0.717) is 17.0 Å². The third-order valence-corrected chi connectivity index (χ3v) is 4.65. The van der Waals surface area contributed by atoms with E-state index in [-0.39, 0.29) is 18.0 Å². The van der Waals surface area contributed by atoms with Gasteiger partial charge in [0.1, 0.15) is 5.82 Å². The Kier molecular flexibility index (Phi) is 6.62. The van der Waals surface area contributed by atoms with Crippen LogP contribution in [0.3, 0.4) is 0 Å². The van der Waals surface area contributed by atoms with E-state index < -0.39 is 0 Å². The fourth-order valence-corrected chi connectivity index (χ4v) is 3.48. The van der Waals surface area contributed by atoms with Crippen LogP contribution in [0.25, 0.3) is 0 Å². The molecule has 0 saturated carbocycles. The zero-order chi connectivity index (χ0) is 14.4. The van der Waals surface area contributed by atoms with E-state index in [4.69, 9.17) is 16.3 Å². The third-order valence-electron chi connectivity index (χ3n) is 3.39. The van der Waals surface area contributed by atoms with Gasteiger partial charge in [0.25, 0.3) is 0 Å². The topological polar surface area (TPSA) is 21.3 Å². The lowest BCUT2D eigenvalue weighted by molar-refractivity contribution is 0.0470. The minimum Gasteiger partial charge on any atom is -0.375 e. The lowest BCUT2D eigenvalue weighted by Gasteiger charge is -2.31. The van der Waals surface area contributed by atoms with E-state index in [2.05, 4.69) is 12.2 Å². The molecular weight excluding hydrogens is 297 g/mol. The van der Waals surface area contributed by atoms with Crippen molar-refractivity contribution in [1.29, 1.82) is 0 Å². The summed E-state index contributed by atoms with van der Waals surface area (Å²) in [5.74, 6) is 1.81. The fourth-order valence-electron chi connectivity index (χ4n) is 2.34. The quantitative estimate of drug-likeness (QED) is 0.867. The van der Waals surface area contributed by atoms with Gasteiger partial charge in [-0.2, -0.15) is 11.8 Å². The predicted molar refractivity (Wildman–Crippen MR) is 84.3 cm³/mol. The molecule has 0 bridgehead atoms. The molecule has 1 N–H and O–H groups in total. The van der Waals surface area contributed by atoms with Crippen molar-refractivity contribution in [2.75, 3.05) is 24.7 Å². The van der Waals surface area contributed by atoms with E-state index in [9.17, 15) is 4.39 Å². The summed E-state index contributed by atoms with van der Waals surface area (Å²) >= 11 is 7.87. The molecule has 1 heterocycles. The zero-order valence-corrected chi connectivity index (χ0v) is 13.3. The van der Waals surface area contributed by atoms with Crippen LogP contribution in [0.1, 0.15) is 18.9 Å². The molecule has 0 radical (unpaired) electrons. The summed E-state index contributed by atoms with van der Waals surface area (Å²) in [7, 11) is 0. The van der Waals surface area contributed by atoms with Crippen molar-refractivity contribution in [2.45, 2.75) is 31.9 Å². The monoisotopic (exact) mass is 317 g/mol. The Labute approximate surface area is 129 Å². The maximum Gasteiger partial charge on any atom is 0.126 e. The zero-order valence-electron chi connectivity index (χ0n) is 11.7. The first kappa shape index (κ1) is 16.1. The summed E-state index contributed by atoms with van der Waals surface area (Å²) < 4.78 is 19.7. The van der Waals surface area contributed by atoms with E-state index in [1.807, 2.05) is 11.8 Å². The van der Waals surface area contributed by atoms with Crippen LogP contribution < -0.4 is 5.32 Å². The molecule has 1 saturated heterocycles. The second kappa shape index (κ2) is 8.23. The molecule has 1 fully saturated rings. The lowest BCUT2D eigenvalue weighted by Crippen LogP contribution is -2.46. The highest BCUT2D eigenvalue weighted by atomic mass is 35.5. The Morgan fingerprint density at radius 2 is 2.40 bits per heavy atom. The summed E-state index contributed by atoms with van der Waals surface area (Å²) in [6, 6.07) is 4.87. The maximum absolute atomic E-state index is 13.9. The van der Waals surface area contributed by atoms with E-state index >= 15 is 0 Å². The standard InChI is InChI=1S/C15H21ClFNOS/c1-2-5-18-14(15-10-20-7-6-19-15)9-11-8-12(16)3-4-13(11)17/h3-4,8,14-15,18H,2,5-7,9-10H2,1H3. The summed E-state index contributed by atoms with van der Waals surface area (Å²) in [6.07, 6.45) is 1.80. The predicted octanol–water partition coefficient (Wildman–Crippen LogP) is 3.52. The lowest BCUT2D eigenvalue weighted by atomic mass is 10.0. The third kappa shape index (κ3) is 4.62. The van der Waals surface area contributed by atoms with Gasteiger partial charge in [-0.15, -0.1) is 0 Å². The maximum atomic E-state index is 13.9. The minimum atomic E-state index is -0.193. The second-order valence-corrected chi connectivity index (χ2v) is 6.57. The molecule has 0 spiro atoms. The first-order chi connectivity index (χ1) is 9.70. The Morgan fingerprint density at radius 3 is 3.10 bits per heavy atom. The van der Waals surface area contributed by atoms with Crippen LogP contribution in [-0.2, 0) is 11.2 Å². The molecule has 2 atom stereocenters. The first-order valence-corrected chi connectivity index (χ1v) is 8.60. The van der Waals surface area contributed by atoms with Crippen molar-refractivity contribution in [3.63, 3.8) is 0 Å². The summed E-state index contributed by atoms with van der Waals surface area (Å²) in [6.45, 7) is 3.82. The Balaban J connectivity index is 2.07. The van der Waals surface area contributed by atoms with Crippen molar-refractivity contribution in [1.82, 2.24) is 5.32 Å². The summed E-state index contributed by atoms with van der Waals surface area (Å²) in [5, 5.41) is 4.06. The van der Waals surface area contributed by atoms with Gasteiger partial charge < -0.3 is 10.1 Å². The number of benzene rings is 1. The van der Waals surface area contributed by atoms with Gasteiger partial charge in [0.2, 0.25) is 0 Å². The highest BCUT2D eigenvalue weighted by molar-refractivity contribution is 7.99. The number of thioether (sulfide) groups is 1. The number of hydrogen-bond donors (Lipinski definition) is 1. The number of ether oxygens (including phenoxy) is 1. The number of hydrogen-bond acceptors (Lipinski definition) is 3. The average molecular weight is 318 g/mol.